The number of rotatable bonds is 3. The number of fused-ring (bicyclic) bond motifs is 1. The molecule has 4 nitrogen and oxygen atoms in total. The van der Waals surface area contributed by atoms with Crippen LogP contribution in [0.2, 0.25) is 5.02 Å². The van der Waals surface area contributed by atoms with E-state index >= 15 is 0 Å². The van der Waals surface area contributed by atoms with E-state index in [4.69, 9.17) is 11.6 Å². The minimum Gasteiger partial charge on any atom is -0.291 e. The lowest BCUT2D eigenvalue weighted by molar-refractivity contribution is 0.245. The van der Waals surface area contributed by atoms with Crippen LogP contribution < -0.4 is 5.56 Å². The molecule has 4 rings (SSSR count). The summed E-state index contributed by atoms with van der Waals surface area (Å²) in [5.41, 5.74) is 3.08. The Morgan fingerprint density at radius 3 is 2.92 bits per heavy atom. The first kappa shape index (κ1) is 15.8. The van der Waals surface area contributed by atoms with Crippen LogP contribution in [0.15, 0.2) is 40.5 Å². The number of hydrogen-bond donors (Lipinski definition) is 0. The van der Waals surface area contributed by atoms with Gasteiger partial charge in [-0.15, -0.1) is 11.3 Å². The molecule has 0 N–H and O–H groups in total. The van der Waals surface area contributed by atoms with Crippen molar-refractivity contribution in [2.75, 3.05) is 6.54 Å². The molecule has 3 heterocycles. The Labute approximate surface area is 149 Å². The molecule has 1 aliphatic rings. The number of aryl methyl sites for hydroxylation is 1. The van der Waals surface area contributed by atoms with Crippen molar-refractivity contribution in [2.24, 2.45) is 0 Å². The number of thiazole rings is 1. The molecule has 1 atom stereocenters. The monoisotopic (exact) mass is 359 g/mol. The molecular weight excluding hydrogens is 342 g/mol. The van der Waals surface area contributed by atoms with E-state index in [0.717, 1.165) is 40.8 Å². The number of likely N-dealkylation sites (tertiary alicyclic amines) is 1. The third-order valence-electron chi connectivity index (χ3n) is 4.61. The lowest BCUT2D eigenvalue weighted by Crippen LogP contribution is -2.25. The van der Waals surface area contributed by atoms with Crippen molar-refractivity contribution >= 4 is 27.9 Å². The topological polar surface area (TPSA) is 37.6 Å². The fraction of sp³-hybridized carbons (Fsp3) is 0.333. The van der Waals surface area contributed by atoms with Gasteiger partial charge < -0.3 is 0 Å². The number of halogens is 1. The van der Waals surface area contributed by atoms with Crippen molar-refractivity contribution in [1.29, 1.82) is 0 Å². The van der Waals surface area contributed by atoms with E-state index < -0.39 is 0 Å². The second kappa shape index (κ2) is 6.31. The number of benzene rings is 1. The lowest BCUT2D eigenvalue weighted by Gasteiger charge is -2.24. The molecule has 0 radical (unpaired) electrons. The molecule has 0 bridgehead atoms. The van der Waals surface area contributed by atoms with Gasteiger partial charge in [-0.05, 0) is 44.0 Å². The van der Waals surface area contributed by atoms with Gasteiger partial charge in [-0.1, -0.05) is 23.7 Å². The summed E-state index contributed by atoms with van der Waals surface area (Å²) in [5.74, 6) is 0. The van der Waals surface area contributed by atoms with Gasteiger partial charge in [-0.3, -0.25) is 14.1 Å². The van der Waals surface area contributed by atoms with Crippen molar-refractivity contribution in [3.8, 4) is 0 Å². The first-order valence-electron chi connectivity index (χ1n) is 8.08. The van der Waals surface area contributed by atoms with Crippen LogP contribution in [0.25, 0.3) is 4.96 Å². The van der Waals surface area contributed by atoms with Crippen LogP contribution in [-0.4, -0.2) is 20.8 Å². The van der Waals surface area contributed by atoms with Gasteiger partial charge in [0.25, 0.3) is 5.56 Å². The zero-order valence-electron chi connectivity index (χ0n) is 13.4. The highest BCUT2D eigenvalue weighted by atomic mass is 35.5. The minimum absolute atomic E-state index is 0.0102. The van der Waals surface area contributed by atoms with Crippen molar-refractivity contribution < 1.29 is 0 Å². The van der Waals surface area contributed by atoms with Crippen molar-refractivity contribution in [1.82, 2.24) is 14.3 Å². The van der Waals surface area contributed by atoms with E-state index in [-0.39, 0.29) is 5.56 Å². The Kier molecular flexibility index (Phi) is 4.16. The third kappa shape index (κ3) is 2.88. The molecule has 1 aromatic carbocycles. The summed E-state index contributed by atoms with van der Waals surface area (Å²) in [6, 6.07) is 10.1. The first-order valence-corrected chi connectivity index (χ1v) is 9.34. The molecule has 24 heavy (non-hydrogen) atoms. The number of aromatic nitrogens is 2. The summed E-state index contributed by atoms with van der Waals surface area (Å²) >= 11 is 7.52. The maximum absolute atomic E-state index is 12.3. The predicted molar refractivity (Wildman–Crippen MR) is 97.9 cm³/mol. The predicted octanol–water partition coefficient (Wildman–Crippen LogP) is 4.05. The smallest absolute Gasteiger partial charge is 0.259 e. The summed E-state index contributed by atoms with van der Waals surface area (Å²) in [6.07, 6.45) is 2.29. The highest BCUT2D eigenvalue weighted by Crippen LogP contribution is 2.33. The Hall–Kier alpha value is -1.69. The van der Waals surface area contributed by atoms with Crippen molar-refractivity contribution in [3.05, 3.63) is 68.0 Å². The van der Waals surface area contributed by atoms with E-state index in [1.54, 1.807) is 10.5 Å². The Bertz CT molecular complexity index is 932. The second-order valence-electron chi connectivity index (χ2n) is 6.26. The van der Waals surface area contributed by atoms with E-state index in [1.165, 1.54) is 16.9 Å². The first-order chi connectivity index (χ1) is 11.6. The minimum atomic E-state index is 0.0102. The van der Waals surface area contributed by atoms with E-state index in [0.29, 0.717) is 12.6 Å². The molecule has 0 amide bonds. The van der Waals surface area contributed by atoms with Gasteiger partial charge in [0.15, 0.2) is 4.96 Å². The molecule has 1 aliphatic heterocycles. The van der Waals surface area contributed by atoms with Gasteiger partial charge in [0.2, 0.25) is 0 Å². The maximum atomic E-state index is 12.3. The quantitative estimate of drug-likeness (QED) is 0.707. The molecular formula is C18H18ClN3OS. The fourth-order valence-electron chi connectivity index (χ4n) is 3.47. The average molecular weight is 360 g/mol. The molecule has 2 aromatic heterocycles. The normalized spacial score (nSPS) is 18.5. The van der Waals surface area contributed by atoms with Crippen LogP contribution in [-0.2, 0) is 6.54 Å². The van der Waals surface area contributed by atoms with Gasteiger partial charge in [-0.25, -0.2) is 4.98 Å². The summed E-state index contributed by atoms with van der Waals surface area (Å²) < 4.78 is 1.68. The average Bonchev–Trinajstić information content (AvgIpc) is 3.15. The SMILES string of the molecule is Cc1csc2nc(CN3CCCC3c3ccc(Cl)cc3)cc(=O)n12. The molecule has 0 aliphatic carbocycles. The summed E-state index contributed by atoms with van der Waals surface area (Å²) in [5, 5.41) is 2.73. The molecule has 3 aromatic rings. The number of nitrogens with zero attached hydrogens (tertiary/aromatic N) is 3. The van der Waals surface area contributed by atoms with Gasteiger partial charge in [0.1, 0.15) is 0 Å². The molecule has 1 fully saturated rings. The van der Waals surface area contributed by atoms with Gasteiger partial charge in [0.05, 0.1) is 5.69 Å². The highest BCUT2D eigenvalue weighted by Gasteiger charge is 2.26. The van der Waals surface area contributed by atoms with E-state index in [1.807, 2.05) is 24.4 Å². The van der Waals surface area contributed by atoms with Crippen LogP contribution in [0, 0.1) is 6.92 Å². The largest absolute Gasteiger partial charge is 0.291 e. The fourth-order valence-corrected chi connectivity index (χ4v) is 4.48. The molecule has 1 saturated heterocycles. The maximum Gasteiger partial charge on any atom is 0.259 e. The molecule has 0 saturated carbocycles. The Morgan fingerprint density at radius 2 is 2.12 bits per heavy atom. The molecule has 1 unspecified atom stereocenters. The van der Waals surface area contributed by atoms with Crippen LogP contribution in [0.1, 0.15) is 35.8 Å². The molecule has 6 heteroatoms. The van der Waals surface area contributed by atoms with Gasteiger partial charge >= 0.3 is 0 Å². The van der Waals surface area contributed by atoms with Gasteiger partial charge in [-0.2, -0.15) is 0 Å². The van der Waals surface area contributed by atoms with Crippen molar-refractivity contribution in [3.63, 3.8) is 0 Å². The number of hydrogen-bond acceptors (Lipinski definition) is 4. The zero-order chi connectivity index (χ0) is 16.7. The second-order valence-corrected chi connectivity index (χ2v) is 7.53. The van der Waals surface area contributed by atoms with E-state index in [9.17, 15) is 4.79 Å². The Morgan fingerprint density at radius 1 is 1.33 bits per heavy atom. The standard InChI is InChI=1S/C18H18ClN3OS/c1-12-11-24-18-20-15(9-17(23)22(12)18)10-21-8-2-3-16(21)13-4-6-14(19)7-5-13/h4-7,9,11,16H,2-3,8,10H2,1H3. The van der Waals surface area contributed by atoms with Crippen LogP contribution in [0.3, 0.4) is 0 Å². The zero-order valence-corrected chi connectivity index (χ0v) is 15.0. The summed E-state index contributed by atoms with van der Waals surface area (Å²) in [7, 11) is 0. The lowest BCUT2D eigenvalue weighted by atomic mass is 10.0. The summed E-state index contributed by atoms with van der Waals surface area (Å²) in [4.78, 5) is 20.2. The Balaban J connectivity index is 1.62. The van der Waals surface area contributed by atoms with Crippen LogP contribution in [0.5, 0.6) is 0 Å². The highest BCUT2D eigenvalue weighted by molar-refractivity contribution is 7.15. The molecule has 0 spiro atoms. The van der Waals surface area contributed by atoms with E-state index in [2.05, 4.69) is 22.0 Å². The van der Waals surface area contributed by atoms with Crippen LogP contribution >= 0.6 is 22.9 Å². The molecule has 124 valence electrons. The van der Waals surface area contributed by atoms with Crippen LogP contribution in [0.4, 0.5) is 0 Å². The van der Waals surface area contributed by atoms with Crippen molar-refractivity contribution in [2.45, 2.75) is 32.4 Å². The van der Waals surface area contributed by atoms with Gasteiger partial charge in [0, 0.05) is 34.7 Å². The summed E-state index contributed by atoms with van der Waals surface area (Å²) in [6.45, 7) is 3.66. The third-order valence-corrected chi connectivity index (χ3v) is 5.81.